The van der Waals surface area contributed by atoms with Gasteiger partial charge in [0.2, 0.25) is 0 Å². The molecule has 0 spiro atoms. The minimum atomic E-state index is 0.824. The highest BCUT2D eigenvalue weighted by molar-refractivity contribution is 5.23. The average molecular weight is 202 g/mol. The molecule has 0 N–H and O–H groups in total. The summed E-state index contributed by atoms with van der Waals surface area (Å²) >= 11 is 0. The van der Waals surface area contributed by atoms with Gasteiger partial charge in [-0.25, -0.2) is 0 Å². The summed E-state index contributed by atoms with van der Waals surface area (Å²) in [4.78, 5) is 0. The molecular weight excluding hydrogens is 182 g/mol. The maximum atomic E-state index is 5.44. The first-order chi connectivity index (χ1) is 7.18. The van der Waals surface area contributed by atoms with Gasteiger partial charge in [0, 0.05) is 0 Å². The molecule has 0 atom stereocenters. The number of rotatable bonds is 2. The van der Waals surface area contributed by atoms with Crippen LogP contribution in [0.1, 0.15) is 26.2 Å². The van der Waals surface area contributed by atoms with Crippen LogP contribution in [0, 0.1) is 24.2 Å². The van der Waals surface area contributed by atoms with E-state index in [0.717, 1.165) is 23.1 Å². The average Bonchev–Trinajstić information content (AvgIpc) is 2.19. The third-order valence-corrected chi connectivity index (χ3v) is 2.91. The third-order valence-electron chi connectivity index (χ3n) is 2.91. The Balaban J connectivity index is 2.62. The molecule has 1 aliphatic rings. The fraction of sp³-hybridized carbons (Fsp3) is 0.571. The summed E-state index contributed by atoms with van der Waals surface area (Å²) in [6, 6.07) is 0. The molecule has 0 aromatic rings. The summed E-state index contributed by atoms with van der Waals surface area (Å²) in [7, 11) is 0. The van der Waals surface area contributed by atoms with Crippen molar-refractivity contribution in [2.24, 2.45) is 0 Å². The maximum Gasteiger partial charge on any atom is 0.142 e. The summed E-state index contributed by atoms with van der Waals surface area (Å²) in [5.74, 6) is 9.05. The van der Waals surface area contributed by atoms with E-state index in [1.165, 1.54) is 32.4 Å². The predicted octanol–water partition coefficient (Wildman–Crippen LogP) is 2.20. The van der Waals surface area contributed by atoms with Crippen LogP contribution in [0.2, 0.25) is 0 Å². The Morgan fingerprint density at radius 1 is 1.27 bits per heavy atom. The number of quaternary nitrogens is 1. The van der Waals surface area contributed by atoms with Crippen molar-refractivity contribution >= 4 is 0 Å². The Morgan fingerprint density at radius 2 is 1.93 bits per heavy atom. The molecule has 1 heterocycles. The van der Waals surface area contributed by atoms with Crippen LogP contribution in [0.5, 0.6) is 0 Å². The van der Waals surface area contributed by atoms with Crippen LogP contribution in [0.15, 0.2) is 12.2 Å². The van der Waals surface area contributed by atoms with Crippen molar-refractivity contribution < 1.29 is 4.48 Å². The molecule has 1 rings (SSSR count). The largest absolute Gasteiger partial charge is 0.303 e. The second-order valence-electron chi connectivity index (χ2n) is 4.45. The van der Waals surface area contributed by atoms with Gasteiger partial charge in [0.15, 0.2) is 0 Å². The molecule has 0 aromatic heterocycles. The van der Waals surface area contributed by atoms with Gasteiger partial charge in [0.1, 0.15) is 13.1 Å². The van der Waals surface area contributed by atoms with Gasteiger partial charge in [-0.2, -0.15) is 0 Å². The first-order valence-corrected chi connectivity index (χ1v) is 5.61. The van der Waals surface area contributed by atoms with Crippen molar-refractivity contribution in [2.45, 2.75) is 26.2 Å². The lowest BCUT2D eigenvalue weighted by Gasteiger charge is -2.38. The second kappa shape index (κ2) is 5.64. The molecule has 0 bridgehead atoms. The molecule has 1 fully saturated rings. The zero-order valence-corrected chi connectivity index (χ0v) is 9.68. The van der Waals surface area contributed by atoms with Gasteiger partial charge in [-0.15, -0.1) is 6.42 Å². The molecule has 15 heavy (non-hydrogen) atoms. The number of allylic oxidation sites excluding steroid dienone is 1. The summed E-state index contributed by atoms with van der Waals surface area (Å²) in [6.07, 6.45) is 9.37. The molecular formula is C14H20N+. The van der Waals surface area contributed by atoms with Crippen molar-refractivity contribution in [3.05, 3.63) is 12.2 Å². The summed E-state index contributed by atoms with van der Waals surface area (Å²) in [5.41, 5.74) is 0.936. The van der Waals surface area contributed by atoms with Crippen LogP contribution >= 0.6 is 0 Å². The fourth-order valence-corrected chi connectivity index (χ4v) is 2.11. The van der Waals surface area contributed by atoms with Gasteiger partial charge in [-0.05, 0) is 43.6 Å². The summed E-state index contributed by atoms with van der Waals surface area (Å²) in [5, 5.41) is 0. The van der Waals surface area contributed by atoms with Gasteiger partial charge < -0.3 is 4.48 Å². The van der Waals surface area contributed by atoms with Crippen molar-refractivity contribution in [1.29, 1.82) is 0 Å². The van der Waals surface area contributed by atoms with Crippen molar-refractivity contribution in [3.8, 4) is 24.2 Å². The summed E-state index contributed by atoms with van der Waals surface area (Å²) in [6.45, 7) is 9.81. The number of terminal acetylenes is 1. The van der Waals surface area contributed by atoms with Crippen molar-refractivity contribution in [1.82, 2.24) is 0 Å². The molecule has 80 valence electrons. The van der Waals surface area contributed by atoms with E-state index < -0.39 is 0 Å². The maximum absolute atomic E-state index is 5.44. The number of likely N-dealkylation sites (tertiary alicyclic amines) is 1. The monoisotopic (exact) mass is 202 g/mol. The minimum absolute atomic E-state index is 0.824. The van der Waals surface area contributed by atoms with E-state index >= 15 is 0 Å². The van der Waals surface area contributed by atoms with Gasteiger partial charge >= 0.3 is 0 Å². The van der Waals surface area contributed by atoms with Crippen molar-refractivity contribution in [2.75, 3.05) is 26.2 Å². The van der Waals surface area contributed by atoms with E-state index in [2.05, 4.69) is 24.3 Å². The number of piperidine rings is 1. The molecule has 0 aliphatic carbocycles. The molecule has 1 heteroatoms. The fourth-order valence-electron chi connectivity index (χ4n) is 2.11. The summed E-state index contributed by atoms with van der Waals surface area (Å²) < 4.78 is 0.997. The lowest BCUT2D eigenvalue weighted by molar-refractivity contribution is -0.919. The Kier molecular flexibility index (Phi) is 4.47. The molecule has 0 amide bonds. The zero-order chi connectivity index (χ0) is 11.1. The number of nitrogens with zero attached hydrogens (tertiary/aromatic N) is 1. The second-order valence-corrected chi connectivity index (χ2v) is 4.45. The molecule has 0 radical (unpaired) electrons. The van der Waals surface area contributed by atoms with E-state index in [1.807, 2.05) is 6.92 Å². The standard InChI is InChI=1S/C14H20N/c1-4-10-15(11-6-5-7-12-15)13-8-9-14(2)3/h1H,2,5-7,10-13H2,3H3/q+1. The quantitative estimate of drug-likeness (QED) is 0.476. The van der Waals surface area contributed by atoms with E-state index in [-0.39, 0.29) is 0 Å². The molecule has 1 nitrogen and oxygen atoms in total. The van der Waals surface area contributed by atoms with E-state index in [1.54, 1.807) is 0 Å². The first kappa shape index (κ1) is 11.9. The van der Waals surface area contributed by atoms with Crippen LogP contribution in [-0.4, -0.2) is 30.7 Å². The van der Waals surface area contributed by atoms with Gasteiger partial charge in [-0.3, -0.25) is 0 Å². The van der Waals surface area contributed by atoms with E-state index in [0.29, 0.717) is 0 Å². The number of hydrogen-bond acceptors (Lipinski definition) is 0. The molecule has 1 aliphatic heterocycles. The number of hydrogen-bond donors (Lipinski definition) is 0. The zero-order valence-electron chi connectivity index (χ0n) is 9.68. The molecule has 0 aromatic carbocycles. The van der Waals surface area contributed by atoms with Gasteiger partial charge in [0.25, 0.3) is 0 Å². The SMILES string of the molecule is C#CC[N+]1(CC#CC(=C)C)CCCCC1. The lowest BCUT2D eigenvalue weighted by atomic mass is 10.1. The van der Waals surface area contributed by atoms with Crippen LogP contribution in [0.25, 0.3) is 0 Å². The van der Waals surface area contributed by atoms with Crippen LogP contribution < -0.4 is 0 Å². The minimum Gasteiger partial charge on any atom is -0.303 e. The Bertz CT molecular complexity index is 315. The predicted molar refractivity (Wildman–Crippen MR) is 65.0 cm³/mol. The van der Waals surface area contributed by atoms with Gasteiger partial charge in [-0.1, -0.05) is 12.5 Å². The van der Waals surface area contributed by atoms with E-state index in [9.17, 15) is 0 Å². The third kappa shape index (κ3) is 3.82. The van der Waals surface area contributed by atoms with Crippen LogP contribution in [0.3, 0.4) is 0 Å². The Morgan fingerprint density at radius 3 is 2.47 bits per heavy atom. The Hall–Kier alpha value is -1.18. The topological polar surface area (TPSA) is 0 Å². The van der Waals surface area contributed by atoms with E-state index in [4.69, 9.17) is 6.42 Å². The van der Waals surface area contributed by atoms with Gasteiger partial charge in [0.05, 0.1) is 13.1 Å². The normalized spacial score (nSPS) is 18.4. The Labute approximate surface area is 93.8 Å². The smallest absolute Gasteiger partial charge is 0.142 e. The molecule has 0 saturated carbocycles. The van der Waals surface area contributed by atoms with Crippen LogP contribution in [0.4, 0.5) is 0 Å². The first-order valence-electron chi connectivity index (χ1n) is 5.61. The molecule has 1 saturated heterocycles. The molecule has 0 unspecified atom stereocenters. The highest BCUT2D eigenvalue weighted by Gasteiger charge is 2.27. The lowest BCUT2D eigenvalue weighted by Crippen LogP contribution is -2.51. The highest BCUT2D eigenvalue weighted by Crippen LogP contribution is 2.17. The highest BCUT2D eigenvalue weighted by atomic mass is 15.3. The van der Waals surface area contributed by atoms with Crippen molar-refractivity contribution in [3.63, 3.8) is 0 Å². The van der Waals surface area contributed by atoms with Crippen LogP contribution in [-0.2, 0) is 0 Å².